The number of hydrogen-bond donors (Lipinski definition) is 2. The summed E-state index contributed by atoms with van der Waals surface area (Å²) >= 11 is 0. The number of carbonyl (C=O) groups is 1. The number of aromatic hydroxyl groups is 1. The summed E-state index contributed by atoms with van der Waals surface area (Å²) in [6, 6.07) is 5.70. The van der Waals surface area contributed by atoms with E-state index in [4.69, 9.17) is 0 Å². The van der Waals surface area contributed by atoms with E-state index in [-0.39, 0.29) is 16.6 Å². The number of fused-ring (bicyclic) bond motifs is 5. The third-order valence-corrected chi connectivity index (χ3v) is 7.18. The summed E-state index contributed by atoms with van der Waals surface area (Å²) in [5.41, 5.74) is 1.86. The molecule has 3 nitrogen and oxygen atoms in total. The van der Waals surface area contributed by atoms with Crippen LogP contribution < -0.4 is 0 Å². The van der Waals surface area contributed by atoms with Crippen LogP contribution in [0, 0.1) is 16.7 Å². The van der Waals surface area contributed by atoms with Crippen LogP contribution in [0.1, 0.15) is 49.7 Å². The molecule has 1 aromatic rings. The number of phenolic OH excluding ortho intramolecular Hbond substituents is 1. The SMILES string of the molecule is C=CC12CC(=O)[C@H](O)[C@@]1(C)CCC1c3ccc(O)cc3CCC12. The Bertz CT molecular complexity index is 694. The molecule has 122 valence electrons. The first kappa shape index (κ1) is 14.9. The van der Waals surface area contributed by atoms with Gasteiger partial charge in [-0.1, -0.05) is 19.1 Å². The van der Waals surface area contributed by atoms with Gasteiger partial charge in [0, 0.05) is 17.3 Å². The first-order valence-corrected chi connectivity index (χ1v) is 8.59. The molecule has 2 N–H and O–H groups in total. The largest absolute Gasteiger partial charge is 0.508 e. The molecular weight excluding hydrogens is 288 g/mol. The molecule has 3 aliphatic rings. The average Bonchev–Trinajstić information content (AvgIpc) is 2.75. The summed E-state index contributed by atoms with van der Waals surface area (Å²) in [4.78, 5) is 12.3. The maximum Gasteiger partial charge on any atom is 0.162 e. The van der Waals surface area contributed by atoms with Crippen molar-refractivity contribution in [3.05, 3.63) is 42.0 Å². The van der Waals surface area contributed by atoms with Gasteiger partial charge in [-0.3, -0.25) is 4.79 Å². The zero-order valence-electron chi connectivity index (χ0n) is 13.6. The second kappa shape index (κ2) is 4.70. The summed E-state index contributed by atoms with van der Waals surface area (Å²) in [5, 5.41) is 20.3. The minimum Gasteiger partial charge on any atom is -0.508 e. The molecular formula is C20H24O3. The topological polar surface area (TPSA) is 57.5 Å². The van der Waals surface area contributed by atoms with Gasteiger partial charge in [0.05, 0.1) is 0 Å². The smallest absolute Gasteiger partial charge is 0.162 e. The number of aryl methyl sites for hydroxylation is 1. The number of rotatable bonds is 1. The third-order valence-electron chi connectivity index (χ3n) is 7.18. The van der Waals surface area contributed by atoms with Crippen LogP contribution >= 0.6 is 0 Å². The lowest BCUT2D eigenvalue weighted by molar-refractivity contribution is -0.128. The molecule has 3 unspecified atom stereocenters. The van der Waals surface area contributed by atoms with Gasteiger partial charge in [0.25, 0.3) is 0 Å². The number of benzene rings is 1. The first-order chi connectivity index (χ1) is 10.9. The van der Waals surface area contributed by atoms with Crippen LogP contribution in [0.3, 0.4) is 0 Å². The van der Waals surface area contributed by atoms with Gasteiger partial charge in [-0.15, -0.1) is 6.58 Å². The van der Waals surface area contributed by atoms with Gasteiger partial charge in [-0.05, 0) is 60.8 Å². The third kappa shape index (κ3) is 1.72. The van der Waals surface area contributed by atoms with Crippen LogP contribution in [-0.2, 0) is 11.2 Å². The Morgan fingerprint density at radius 1 is 1.35 bits per heavy atom. The quantitative estimate of drug-likeness (QED) is 0.782. The predicted molar refractivity (Wildman–Crippen MR) is 88.3 cm³/mol. The molecule has 4 rings (SSSR count). The number of aliphatic hydroxyl groups excluding tert-OH is 1. The Morgan fingerprint density at radius 2 is 2.13 bits per heavy atom. The molecule has 0 spiro atoms. The van der Waals surface area contributed by atoms with Gasteiger partial charge in [0.15, 0.2) is 5.78 Å². The van der Waals surface area contributed by atoms with Gasteiger partial charge in [0.1, 0.15) is 11.9 Å². The zero-order chi connectivity index (χ0) is 16.4. The summed E-state index contributed by atoms with van der Waals surface area (Å²) in [7, 11) is 0. The summed E-state index contributed by atoms with van der Waals surface area (Å²) < 4.78 is 0. The zero-order valence-corrected chi connectivity index (χ0v) is 13.6. The Morgan fingerprint density at radius 3 is 2.87 bits per heavy atom. The molecule has 2 fully saturated rings. The predicted octanol–water partition coefficient (Wildman–Crippen LogP) is 3.34. The van der Waals surface area contributed by atoms with Crippen molar-refractivity contribution >= 4 is 5.78 Å². The van der Waals surface area contributed by atoms with E-state index in [0.717, 1.165) is 25.7 Å². The fourth-order valence-electron chi connectivity index (χ4n) is 5.91. The van der Waals surface area contributed by atoms with Gasteiger partial charge < -0.3 is 10.2 Å². The van der Waals surface area contributed by atoms with Crippen LogP contribution in [0.25, 0.3) is 0 Å². The Hall–Kier alpha value is -1.61. The summed E-state index contributed by atoms with van der Waals surface area (Å²) in [5.74, 6) is 1.04. The van der Waals surface area contributed by atoms with E-state index in [2.05, 4.69) is 13.5 Å². The Balaban J connectivity index is 1.83. The van der Waals surface area contributed by atoms with Crippen LogP contribution in [-0.4, -0.2) is 22.1 Å². The second-order valence-corrected chi connectivity index (χ2v) is 7.88. The minimum atomic E-state index is -0.859. The van der Waals surface area contributed by atoms with Crippen molar-refractivity contribution in [1.29, 1.82) is 0 Å². The highest BCUT2D eigenvalue weighted by atomic mass is 16.3. The van der Waals surface area contributed by atoms with Crippen LogP contribution in [0.15, 0.2) is 30.9 Å². The summed E-state index contributed by atoms with van der Waals surface area (Å²) in [6.45, 7) is 6.17. The first-order valence-electron chi connectivity index (χ1n) is 8.59. The number of carbonyl (C=O) groups excluding carboxylic acids is 1. The van der Waals surface area contributed by atoms with Crippen molar-refractivity contribution in [3.63, 3.8) is 0 Å². The van der Waals surface area contributed by atoms with E-state index >= 15 is 0 Å². The van der Waals surface area contributed by atoms with Crippen molar-refractivity contribution in [3.8, 4) is 5.75 Å². The molecule has 3 heteroatoms. The monoisotopic (exact) mass is 312 g/mol. The molecule has 23 heavy (non-hydrogen) atoms. The van der Waals surface area contributed by atoms with Gasteiger partial charge in [-0.2, -0.15) is 0 Å². The fraction of sp³-hybridized carbons (Fsp3) is 0.550. The number of aliphatic hydroxyl groups is 1. The van der Waals surface area contributed by atoms with E-state index in [1.54, 1.807) is 6.07 Å². The number of hydrogen-bond acceptors (Lipinski definition) is 3. The number of Topliss-reactive ketones (excluding diaryl/α,β-unsaturated/α-hetero) is 1. The highest BCUT2D eigenvalue weighted by molar-refractivity contribution is 5.88. The minimum absolute atomic E-state index is 0.0236. The fourth-order valence-corrected chi connectivity index (χ4v) is 5.91. The molecule has 2 saturated carbocycles. The van der Waals surface area contributed by atoms with Crippen LogP contribution in [0.5, 0.6) is 5.75 Å². The molecule has 0 amide bonds. The van der Waals surface area contributed by atoms with E-state index in [0.29, 0.717) is 24.0 Å². The maximum absolute atomic E-state index is 12.3. The molecule has 1 aromatic carbocycles. The Kier molecular flexibility index (Phi) is 3.05. The highest BCUT2D eigenvalue weighted by Gasteiger charge is 2.65. The normalized spacial score (nSPS) is 41.8. The molecule has 5 atom stereocenters. The van der Waals surface area contributed by atoms with E-state index in [1.165, 1.54) is 11.1 Å². The van der Waals surface area contributed by atoms with Crippen molar-refractivity contribution in [2.45, 2.75) is 51.0 Å². The molecule has 3 aliphatic carbocycles. The van der Waals surface area contributed by atoms with Crippen LogP contribution in [0.2, 0.25) is 0 Å². The second-order valence-electron chi connectivity index (χ2n) is 7.88. The van der Waals surface area contributed by atoms with Crippen molar-refractivity contribution in [1.82, 2.24) is 0 Å². The number of phenols is 1. The van der Waals surface area contributed by atoms with E-state index in [9.17, 15) is 15.0 Å². The lowest BCUT2D eigenvalue weighted by Gasteiger charge is -2.56. The summed E-state index contributed by atoms with van der Waals surface area (Å²) in [6.07, 6.45) is 5.27. The van der Waals surface area contributed by atoms with Crippen molar-refractivity contribution < 1.29 is 15.0 Å². The van der Waals surface area contributed by atoms with Crippen LogP contribution in [0.4, 0.5) is 0 Å². The lowest BCUT2D eigenvalue weighted by atomic mass is 9.47. The standard InChI is InChI=1S/C20H24O3/c1-3-20-11-17(22)18(23)19(20,2)9-8-15-14-6-5-13(21)10-12(14)4-7-16(15)20/h3,5-6,10,15-16,18,21,23H,1,4,7-9,11H2,2H3/t15?,16?,18-,19+,20?/m0/s1. The van der Waals surface area contributed by atoms with Gasteiger partial charge in [0.2, 0.25) is 0 Å². The molecule has 0 heterocycles. The molecule has 0 saturated heterocycles. The highest BCUT2D eigenvalue weighted by Crippen LogP contribution is 2.67. The molecule has 0 radical (unpaired) electrons. The van der Waals surface area contributed by atoms with Crippen molar-refractivity contribution in [2.24, 2.45) is 16.7 Å². The lowest BCUT2D eigenvalue weighted by Crippen LogP contribution is -2.51. The Labute approximate surface area is 137 Å². The number of allylic oxidation sites excluding steroid dienone is 1. The maximum atomic E-state index is 12.3. The molecule has 0 bridgehead atoms. The number of ketones is 1. The van der Waals surface area contributed by atoms with E-state index in [1.807, 2.05) is 18.2 Å². The van der Waals surface area contributed by atoms with Crippen molar-refractivity contribution in [2.75, 3.05) is 0 Å². The molecule has 0 aromatic heterocycles. The van der Waals surface area contributed by atoms with E-state index < -0.39 is 6.10 Å². The average molecular weight is 312 g/mol. The van der Waals surface area contributed by atoms with Gasteiger partial charge >= 0.3 is 0 Å². The molecule has 0 aliphatic heterocycles. The van der Waals surface area contributed by atoms with Gasteiger partial charge in [-0.25, -0.2) is 0 Å².